The van der Waals surface area contributed by atoms with Crippen LogP contribution in [0.25, 0.3) is 5.69 Å². The quantitative estimate of drug-likeness (QED) is 0.218. The summed E-state index contributed by atoms with van der Waals surface area (Å²) in [6, 6.07) is 23.2. The predicted molar refractivity (Wildman–Crippen MR) is 159 cm³/mol. The molecule has 1 atom stereocenters. The van der Waals surface area contributed by atoms with Gasteiger partial charge in [-0.25, -0.2) is 17.9 Å². The van der Waals surface area contributed by atoms with Crippen LogP contribution in [0.15, 0.2) is 90.0 Å². The Kier molecular flexibility index (Phi) is 8.14. The standard InChI is InChI=1S/C33H33F3N4OS/c1-42-28-13-7-23(8-14-28)20-38-17-15-25(16-18-38)31-29(19-37-40(31)27-11-9-26(34)10-12-27)32(41)39-21-30(33(35,36)22-39)24-5-3-2-4-6-24/h2-14,19,25,30H,15-18,20-22H2,1H3. The first-order valence-corrected chi connectivity index (χ1v) is 15.5. The zero-order chi connectivity index (χ0) is 29.3. The average molecular weight is 591 g/mol. The minimum atomic E-state index is -3.04. The van der Waals surface area contributed by atoms with Crippen molar-refractivity contribution < 1.29 is 18.0 Å². The lowest BCUT2D eigenvalue weighted by Gasteiger charge is -2.33. The lowest BCUT2D eigenvalue weighted by Crippen LogP contribution is -2.35. The molecule has 0 bridgehead atoms. The molecule has 0 saturated carbocycles. The summed E-state index contributed by atoms with van der Waals surface area (Å²) >= 11 is 1.72. The van der Waals surface area contributed by atoms with Gasteiger partial charge in [-0.1, -0.05) is 42.5 Å². The van der Waals surface area contributed by atoms with Gasteiger partial charge in [0.05, 0.1) is 35.6 Å². The largest absolute Gasteiger partial charge is 0.332 e. The zero-order valence-electron chi connectivity index (χ0n) is 23.4. The fraction of sp³-hybridized carbons (Fsp3) is 0.333. The van der Waals surface area contributed by atoms with Crippen molar-refractivity contribution >= 4 is 17.7 Å². The van der Waals surface area contributed by atoms with Crippen molar-refractivity contribution in [2.45, 2.75) is 42.0 Å². The normalized spacial score (nSPS) is 19.3. The smallest absolute Gasteiger partial charge is 0.273 e. The van der Waals surface area contributed by atoms with Gasteiger partial charge in [0.1, 0.15) is 5.82 Å². The first-order valence-electron chi connectivity index (χ1n) is 14.2. The van der Waals surface area contributed by atoms with Crippen molar-refractivity contribution in [3.8, 4) is 5.69 Å². The number of rotatable bonds is 7. The minimum absolute atomic E-state index is 0.000320. The molecule has 0 N–H and O–H groups in total. The van der Waals surface area contributed by atoms with Gasteiger partial charge in [0.15, 0.2) is 0 Å². The third-order valence-corrected chi connectivity index (χ3v) is 9.19. The molecule has 218 valence electrons. The summed E-state index contributed by atoms with van der Waals surface area (Å²) in [5, 5.41) is 4.54. The van der Waals surface area contributed by atoms with Crippen molar-refractivity contribution in [1.82, 2.24) is 19.6 Å². The molecule has 9 heteroatoms. The highest BCUT2D eigenvalue weighted by Gasteiger charge is 2.50. The van der Waals surface area contributed by atoms with Gasteiger partial charge in [-0.15, -0.1) is 11.8 Å². The summed E-state index contributed by atoms with van der Waals surface area (Å²) in [5.74, 6) is -4.91. The van der Waals surface area contributed by atoms with Gasteiger partial charge >= 0.3 is 0 Å². The summed E-state index contributed by atoms with van der Waals surface area (Å²) in [6.07, 6.45) is 5.14. The van der Waals surface area contributed by atoms with E-state index in [4.69, 9.17) is 0 Å². The van der Waals surface area contributed by atoms with E-state index in [0.29, 0.717) is 22.5 Å². The van der Waals surface area contributed by atoms with Gasteiger partial charge in [0, 0.05) is 23.9 Å². The Labute approximate surface area is 248 Å². The molecule has 2 fully saturated rings. The van der Waals surface area contributed by atoms with Crippen LogP contribution in [0, 0.1) is 5.82 Å². The monoisotopic (exact) mass is 590 g/mol. The Bertz CT molecular complexity index is 1520. The van der Waals surface area contributed by atoms with Crippen LogP contribution in [0.3, 0.4) is 0 Å². The Balaban J connectivity index is 1.25. The van der Waals surface area contributed by atoms with E-state index < -0.39 is 24.3 Å². The molecule has 2 aliphatic rings. The lowest BCUT2D eigenvalue weighted by atomic mass is 9.90. The molecule has 3 heterocycles. The van der Waals surface area contributed by atoms with Gasteiger partial charge in [-0.3, -0.25) is 9.69 Å². The number of hydrogen-bond acceptors (Lipinski definition) is 4. The Hall–Kier alpha value is -3.56. The van der Waals surface area contributed by atoms with Gasteiger partial charge in [0.2, 0.25) is 0 Å². The number of alkyl halides is 2. The fourth-order valence-corrected chi connectivity index (χ4v) is 6.61. The van der Waals surface area contributed by atoms with E-state index in [-0.39, 0.29) is 18.3 Å². The number of carbonyl (C=O) groups excluding carboxylic acids is 1. The number of carbonyl (C=O) groups is 1. The molecule has 1 aromatic heterocycles. The zero-order valence-corrected chi connectivity index (χ0v) is 24.2. The second-order valence-electron chi connectivity index (χ2n) is 11.1. The number of halogens is 3. The molecule has 1 unspecified atom stereocenters. The van der Waals surface area contributed by atoms with Crippen LogP contribution in [0.5, 0.6) is 0 Å². The van der Waals surface area contributed by atoms with E-state index in [1.807, 2.05) is 0 Å². The van der Waals surface area contributed by atoms with E-state index in [9.17, 15) is 9.18 Å². The van der Waals surface area contributed by atoms with Crippen LogP contribution in [-0.4, -0.2) is 63.8 Å². The van der Waals surface area contributed by atoms with E-state index in [1.165, 1.54) is 33.7 Å². The van der Waals surface area contributed by atoms with Crippen molar-refractivity contribution in [3.63, 3.8) is 0 Å². The van der Waals surface area contributed by atoms with E-state index in [2.05, 4.69) is 40.5 Å². The molecule has 0 radical (unpaired) electrons. The maximum Gasteiger partial charge on any atom is 0.273 e. The van der Waals surface area contributed by atoms with Crippen LogP contribution in [0.1, 0.15) is 51.9 Å². The van der Waals surface area contributed by atoms with Crippen LogP contribution < -0.4 is 0 Å². The van der Waals surface area contributed by atoms with Crippen molar-refractivity contribution in [2.75, 3.05) is 32.4 Å². The number of hydrogen-bond donors (Lipinski definition) is 0. The maximum absolute atomic E-state index is 15.2. The number of amides is 1. The summed E-state index contributed by atoms with van der Waals surface area (Å²) in [6.45, 7) is 1.79. The second kappa shape index (κ2) is 12.0. The van der Waals surface area contributed by atoms with Crippen LogP contribution in [0.2, 0.25) is 0 Å². The highest BCUT2D eigenvalue weighted by molar-refractivity contribution is 7.98. The molecule has 2 saturated heterocycles. The van der Waals surface area contributed by atoms with Gasteiger partial charge in [-0.2, -0.15) is 5.10 Å². The first kappa shape index (κ1) is 28.6. The summed E-state index contributed by atoms with van der Waals surface area (Å²) in [5.41, 5.74) is 3.46. The van der Waals surface area contributed by atoms with Crippen molar-refractivity contribution in [2.24, 2.45) is 0 Å². The topological polar surface area (TPSA) is 41.4 Å². The van der Waals surface area contributed by atoms with Gasteiger partial charge < -0.3 is 4.90 Å². The lowest BCUT2D eigenvalue weighted by molar-refractivity contribution is -0.00243. The Morgan fingerprint density at radius 1 is 0.976 bits per heavy atom. The minimum Gasteiger partial charge on any atom is -0.332 e. The number of nitrogens with zero attached hydrogens (tertiary/aromatic N) is 4. The highest BCUT2D eigenvalue weighted by atomic mass is 32.2. The highest BCUT2D eigenvalue weighted by Crippen LogP contribution is 2.41. The van der Waals surface area contributed by atoms with E-state index >= 15 is 8.78 Å². The summed E-state index contributed by atoms with van der Waals surface area (Å²) in [7, 11) is 0. The Morgan fingerprint density at radius 2 is 1.67 bits per heavy atom. The summed E-state index contributed by atoms with van der Waals surface area (Å²) < 4.78 is 45.8. The molecule has 6 rings (SSSR count). The maximum atomic E-state index is 15.2. The van der Waals surface area contributed by atoms with E-state index in [1.54, 1.807) is 58.9 Å². The van der Waals surface area contributed by atoms with Gasteiger partial charge in [-0.05, 0) is 79.7 Å². The molecule has 3 aromatic carbocycles. The first-order chi connectivity index (χ1) is 20.3. The third-order valence-electron chi connectivity index (χ3n) is 8.45. The molecule has 5 nitrogen and oxygen atoms in total. The molecular formula is C33H33F3N4OS. The molecular weight excluding hydrogens is 557 g/mol. The molecule has 42 heavy (non-hydrogen) atoms. The van der Waals surface area contributed by atoms with Gasteiger partial charge in [0.25, 0.3) is 11.8 Å². The number of aromatic nitrogens is 2. The van der Waals surface area contributed by atoms with Crippen LogP contribution in [0.4, 0.5) is 13.2 Å². The van der Waals surface area contributed by atoms with Crippen molar-refractivity contribution in [3.05, 3.63) is 113 Å². The molecule has 1 amide bonds. The average Bonchev–Trinajstić information content (AvgIpc) is 3.59. The number of likely N-dealkylation sites (tertiary alicyclic amines) is 2. The molecule has 4 aromatic rings. The van der Waals surface area contributed by atoms with Crippen LogP contribution in [-0.2, 0) is 6.54 Å². The van der Waals surface area contributed by atoms with Crippen molar-refractivity contribution in [1.29, 1.82) is 0 Å². The van der Waals surface area contributed by atoms with Crippen LogP contribution >= 0.6 is 11.8 Å². The fourth-order valence-electron chi connectivity index (χ4n) is 6.20. The second-order valence-corrected chi connectivity index (χ2v) is 12.0. The number of benzene rings is 3. The molecule has 0 spiro atoms. The Morgan fingerprint density at radius 3 is 2.33 bits per heavy atom. The predicted octanol–water partition coefficient (Wildman–Crippen LogP) is 6.99. The number of piperidine rings is 1. The van der Waals surface area contributed by atoms with E-state index in [0.717, 1.165) is 32.5 Å². The molecule has 2 aliphatic heterocycles. The molecule has 0 aliphatic carbocycles. The third kappa shape index (κ3) is 5.85. The number of thioether (sulfide) groups is 1. The SMILES string of the molecule is CSc1ccc(CN2CCC(c3c(C(=O)N4CC(c5ccccc5)C(F)(F)C4)cnn3-c3ccc(F)cc3)CC2)cc1. The summed E-state index contributed by atoms with van der Waals surface area (Å²) in [4.78, 5) is 18.8.